The Morgan fingerprint density at radius 3 is 1.87 bits per heavy atom. The van der Waals surface area contributed by atoms with Crippen molar-refractivity contribution in [3.05, 3.63) is 47.3 Å². The molecule has 0 atom stereocenters. The Balaban J connectivity index is 2.80. The van der Waals surface area contributed by atoms with Gasteiger partial charge in [-0.1, -0.05) is 0 Å². The van der Waals surface area contributed by atoms with E-state index in [-0.39, 0.29) is 5.56 Å². The van der Waals surface area contributed by atoms with Gasteiger partial charge in [0.2, 0.25) is 0 Å². The van der Waals surface area contributed by atoms with E-state index >= 15 is 0 Å². The predicted molar refractivity (Wildman–Crippen MR) is 108 cm³/mol. The summed E-state index contributed by atoms with van der Waals surface area (Å²) in [5.41, 5.74) is -2.03. The fourth-order valence-electron chi connectivity index (χ4n) is 2.78. The molecule has 0 aliphatic carbocycles. The summed E-state index contributed by atoms with van der Waals surface area (Å²) >= 11 is 0. The minimum absolute atomic E-state index is 0.163. The molecular formula is C20H27O9P. The zero-order valence-electron chi connectivity index (χ0n) is 18.1. The van der Waals surface area contributed by atoms with E-state index in [2.05, 4.69) is 4.74 Å². The van der Waals surface area contributed by atoms with Crippen LogP contribution in [0.2, 0.25) is 0 Å². The van der Waals surface area contributed by atoms with Crippen LogP contribution in [0.25, 0.3) is 0 Å². The van der Waals surface area contributed by atoms with Gasteiger partial charge in [-0.3, -0.25) is 0 Å². The number of hydrogen-bond donors (Lipinski definition) is 0. The fraction of sp³-hybridized carbons (Fsp3) is 0.450. The van der Waals surface area contributed by atoms with Gasteiger partial charge in [-0.25, -0.2) is 0 Å². The quantitative estimate of drug-likeness (QED) is 0.371. The zero-order valence-corrected chi connectivity index (χ0v) is 19.0. The first-order chi connectivity index (χ1) is 13.9. The first-order valence-corrected chi connectivity index (χ1v) is 11.0. The van der Waals surface area contributed by atoms with Crippen LogP contribution >= 0.6 is 7.51 Å². The molecule has 30 heavy (non-hydrogen) atoms. The zero-order chi connectivity index (χ0) is 22.8. The Kier molecular flexibility index (Phi) is 6.45. The normalized spacial score (nSPS) is 22.2. The number of esters is 2. The molecule has 0 spiro atoms. The molecule has 1 aromatic rings. The molecule has 1 saturated heterocycles. The number of benzene rings is 1. The van der Waals surface area contributed by atoms with E-state index in [0.29, 0.717) is 0 Å². The Bertz CT molecular complexity index is 858. The summed E-state index contributed by atoms with van der Waals surface area (Å²) in [5, 5.41) is -0.527. The number of carbonyl (C=O) groups excluding carboxylic acids is 3. The van der Waals surface area contributed by atoms with Gasteiger partial charge in [0.1, 0.15) is 0 Å². The van der Waals surface area contributed by atoms with Gasteiger partial charge in [0.05, 0.1) is 0 Å². The van der Waals surface area contributed by atoms with Crippen molar-refractivity contribution in [2.75, 3.05) is 21.3 Å². The summed E-state index contributed by atoms with van der Waals surface area (Å²) in [5.74, 6) is -2.82. The Hall–Kier alpha value is -2.32. The van der Waals surface area contributed by atoms with Crippen LogP contribution in [0.15, 0.2) is 41.7 Å². The van der Waals surface area contributed by atoms with E-state index in [1.807, 2.05) is 0 Å². The number of carbonyl (C=O) groups is 3. The van der Waals surface area contributed by atoms with Gasteiger partial charge in [0.25, 0.3) is 0 Å². The number of ether oxygens (including phenoxy) is 2. The third-order valence-corrected chi connectivity index (χ3v) is 8.78. The van der Waals surface area contributed by atoms with Crippen LogP contribution in [0.3, 0.4) is 0 Å². The summed E-state index contributed by atoms with van der Waals surface area (Å²) in [6.45, 7) is 6.74. The van der Waals surface area contributed by atoms with Crippen LogP contribution in [0.4, 0.5) is 0 Å². The van der Waals surface area contributed by atoms with Crippen molar-refractivity contribution in [3.63, 3.8) is 0 Å². The standard InChI is InChI=1S/C20H27O9P/c1-19(2)20(3,4)29-30(26-7,28-19,15(18(23)25-6)13-16(21)24-5)27-17(22)14-11-9-8-10-12-14/h8-13H,1-7H3. The Morgan fingerprint density at radius 1 is 0.900 bits per heavy atom. The summed E-state index contributed by atoms with van der Waals surface area (Å²) in [7, 11) is -1.85. The second-order valence-electron chi connectivity index (χ2n) is 7.49. The molecule has 0 unspecified atom stereocenters. The molecule has 0 amide bonds. The van der Waals surface area contributed by atoms with E-state index in [1.165, 1.54) is 19.2 Å². The Morgan fingerprint density at radius 2 is 1.43 bits per heavy atom. The molecule has 1 heterocycles. The third kappa shape index (κ3) is 3.98. The van der Waals surface area contributed by atoms with E-state index < -0.39 is 41.9 Å². The van der Waals surface area contributed by atoms with E-state index in [9.17, 15) is 14.4 Å². The SMILES string of the molecule is COC(=O)C=C(C(=O)OC)P1(OC)(OC(=O)c2ccccc2)OC(C)(C)C(C)(C)O1. The Labute approximate surface area is 175 Å². The van der Waals surface area contributed by atoms with E-state index in [4.69, 9.17) is 22.8 Å². The van der Waals surface area contributed by atoms with Gasteiger partial charge in [0.15, 0.2) is 0 Å². The third-order valence-electron chi connectivity index (χ3n) is 5.03. The second kappa shape index (κ2) is 8.07. The van der Waals surface area contributed by atoms with Crippen LogP contribution in [0.1, 0.15) is 38.1 Å². The van der Waals surface area contributed by atoms with Crippen molar-refractivity contribution in [2.45, 2.75) is 38.9 Å². The maximum atomic E-state index is 13.0. The van der Waals surface area contributed by atoms with Crippen LogP contribution in [0, 0.1) is 0 Å². The summed E-state index contributed by atoms with van der Waals surface area (Å²) in [6, 6.07) is 8.03. The van der Waals surface area contributed by atoms with Crippen LogP contribution < -0.4 is 0 Å². The molecule has 1 fully saturated rings. The van der Waals surface area contributed by atoms with Crippen molar-refractivity contribution in [2.24, 2.45) is 0 Å². The number of hydrogen-bond acceptors (Lipinski definition) is 9. The van der Waals surface area contributed by atoms with Crippen LogP contribution in [-0.4, -0.2) is 50.4 Å². The van der Waals surface area contributed by atoms with Gasteiger partial charge < -0.3 is 0 Å². The molecule has 10 heteroatoms. The maximum absolute atomic E-state index is 13.0. The summed E-state index contributed by atoms with van der Waals surface area (Å²) < 4.78 is 33.3. The first-order valence-electron chi connectivity index (χ1n) is 9.05. The molecule has 2 rings (SSSR count). The monoisotopic (exact) mass is 442 g/mol. The van der Waals surface area contributed by atoms with Gasteiger partial charge >= 0.3 is 175 Å². The number of methoxy groups -OCH3 is 2. The predicted octanol–water partition coefficient (Wildman–Crippen LogP) is 3.54. The van der Waals surface area contributed by atoms with Crippen LogP contribution in [0.5, 0.6) is 0 Å². The average Bonchev–Trinajstić information content (AvgIpc) is 2.88. The van der Waals surface area contributed by atoms with E-state index in [0.717, 1.165) is 20.3 Å². The summed E-state index contributed by atoms with van der Waals surface area (Å²) in [6.07, 6.45) is 0.795. The molecule has 1 aromatic carbocycles. The van der Waals surface area contributed by atoms with Crippen molar-refractivity contribution in [1.29, 1.82) is 0 Å². The molecule has 0 saturated carbocycles. The van der Waals surface area contributed by atoms with Crippen LogP contribution in [-0.2, 0) is 37.2 Å². The first kappa shape index (κ1) is 24.0. The molecular weight excluding hydrogens is 415 g/mol. The second-order valence-corrected chi connectivity index (χ2v) is 10.5. The summed E-state index contributed by atoms with van der Waals surface area (Å²) in [4.78, 5) is 37.9. The van der Waals surface area contributed by atoms with Crippen molar-refractivity contribution >= 4 is 25.4 Å². The van der Waals surface area contributed by atoms with Crippen molar-refractivity contribution < 1.29 is 42.0 Å². The molecule has 0 aromatic heterocycles. The van der Waals surface area contributed by atoms with Crippen molar-refractivity contribution in [1.82, 2.24) is 0 Å². The minimum atomic E-state index is -5.24. The molecule has 0 N–H and O–H groups in total. The molecule has 1 aliphatic rings. The van der Waals surface area contributed by atoms with Gasteiger partial charge in [-0.2, -0.15) is 0 Å². The van der Waals surface area contributed by atoms with Gasteiger partial charge in [-0.15, -0.1) is 0 Å². The van der Waals surface area contributed by atoms with Gasteiger partial charge in [0, 0.05) is 0 Å². The molecule has 0 radical (unpaired) electrons. The molecule has 0 bridgehead atoms. The topological polar surface area (TPSA) is 107 Å². The van der Waals surface area contributed by atoms with E-state index in [1.54, 1.807) is 45.9 Å². The van der Waals surface area contributed by atoms with Crippen molar-refractivity contribution in [3.8, 4) is 0 Å². The van der Waals surface area contributed by atoms with Gasteiger partial charge in [-0.05, 0) is 0 Å². The molecule has 166 valence electrons. The number of rotatable bonds is 6. The molecule has 9 nitrogen and oxygen atoms in total. The average molecular weight is 442 g/mol. The molecule has 1 aliphatic heterocycles. The fourth-order valence-corrected chi connectivity index (χ4v) is 6.72.